The molecule has 0 saturated carbocycles. The largest absolute Gasteiger partial charge is 0.415 e. The molecule has 1 aliphatic carbocycles. The van der Waals surface area contributed by atoms with E-state index in [4.69, 9.17) is 6.57 Å². The summed E-state index contributed by atoms with van der Waals surface area (Å²) in [6.45, 7) is 6.80. The summed E-state index contributed by atoms with van der Waals surface area (Å²) in [7, 11) is 0. The monoisotopic (exact) mass is 251 g/mol. The second kappa shape index (κ2) is 4.85. The van der Waals surface area contributed by atoms with Crippen LogP contribution in [0.15, 0.2) is 24.3 Å². The van der Waals surface area contributed by atoms with Crippen molar-refractivity contribution in [3.05, 3.63) is 46.8 Å². The number of halogens is 3. The highest BCUT2D eigenvalue weighted by Gasteiger charge is 2.34. The lowest BCUT2D eigenvalue weighted by Crippen LogP contribution is -2.09. The lowest BCUT2D eigenvalue weighted by Gasteiger charge is -2.18. The van der Waals surface area contributed by atoms with Crippen LogP contribution in [0.5, 0.6) is 0 Å². The minimum Gasteiger partial charge on any atom is -0.238 e. The van der Waals surface area contributed by atoms with Crippen molar-refractivity contribution in [3.8, 4) is 0 Å². The molecule has 0 radical (unpaired) electrons. The Morgan fingerprint density at radius 3 is 2.50 bits per heavy atom. The third-order valence-corrected chi connectivity index (χ3v) is 3.07. The molecule has 0 bridgehead atoms. The van der Waals surface area contributed by atoms with Crippen LogP contribution in [0.4, 0.5) is 18.9 Å². The van der Waals surface area contributed by atoms with Gasteiger partial charge in [-0.2, -0.15) is 13.2 Å². The molecule has 0 heterocycles. The van der Waals surface area contributed by atoms with Crippen molar-refractivity contribution in [2.75, 3.05) is 0 Å². The van der Waals surface area contributed by atoms with E-state index in [1.807, 2.05) is 6.08 Å². The molecule has 0 amide bonds. The van der Waals surface area contributed by atoms with E-state index in [1.54, 1.807) is 0 Å². The molecule has 1 aromatic carbocycles. The maximum atomic E-state index is 13.0. The van der Waals surface area contributed by atoms with E-state index in [1.165, 1.54) is 12.1 Å². The van der Waals surface area contributed by atoms with E-state index in [2.05, 4.69) is 4.85 Å². The van der Waals surface area contributed by atoms with Crippen LogP contribution < -0.4 is 0 Å². The van der Waals surface area contributed by atoms with Gasteiger partial charge in [-0.15, -0.1) is 0 Å². The van der Waals surface area contributed by atoms with Crippen LogP contribution >= 0.6 is 0 Å². The Balaban J connectivity index is 2.53. The summed E-state index contributed by atoms with van der Waals surface area (Å²) in [6.07, 6.45) is 0.941. The molecule has 1 aliphatic rings. The van der Waals surface area contributed by atoms with Gasteiger partial charge < -0.3 is 0 Å². The molecule has 0 fully saturated rings. The molecule has 94 valence electrons. The van der Waals surface area contributed by atoms with Crippen molar-refractivity contribution in [2.45, 2.75) is 31.9 Å². The molecular formula is C14H12F3N. The standard InChI is InChI=1S/C14H12F3N/c1-18-11-7-8-12(10-5-3-2-4-6-10)13(9-11)14(15,16)17/h5,7-9H,2-4,6H2. The molecule has 1 aromatic rings. The zero-order chi connectivity index (χ0) is 13.2. The Morgan fingerprint density at radius 2 is 1.94 bits per heavy atom. The molecule has 0 saturated heterocycles. The van der Waals surface area contributed by atoms with E-state index in [0.717, 1.165) is 30.9 Å². The Labute approximate surface area is 104 Å². The fourth-order valence-corrected chi connectivity index (χ4v) is 2.20. The van der Waals surface area contributed by atoms with Gasteiger partial charge in [0.25, 0.3) is 0 Å². The maximum Gasteiger partial charge on any atom is 0.415 e. The second-order valence-corrected chi connectivity index (χ2v) is 4.31. The molecule has 0 spiro atoms. The van der Waals surface area contributed by atoms with Crippen LogP contribution in [0.1, 0.15) is 36.8 Å². The summed E-state index contributed by atoms with van der Waals surface area (Å²) in [5, 5.41) is 0. The average molecular weight is 251 g/mol. The fraction of sp³-hybridized carbons (Fsp3) is 0.357. The van der Waals surface area contributed by atoms with Crippen LogP contribution in [0.3, 0.4) is 0 Å². The van der Waals surface area contributed by atoms with Crippen molar-refractivity contribution in [1.29, 1.82) is 0 Å². The van der Waals surface area contributed by atoms with Crippen LogP contribution in [0.2, 0.25) is 0 Å². The van der Waals surface area contributed by atoms with E-state index in [9.17, 15) is 13.2 Å². The van der Waals surface area contributed by atoms with Gasteiger partial charge in [-0.25, -0.2) is 4.85 Å². The van der Waals surface area contributed by atoms with Gasteiger partial charge in [0, 0.05) is 0 Å². The highest BCUT2D eigenvalue weighted by molar-refractivity contribution is 5.71. The summed E-state index contributed by atoms with van der Waals surface area (Å²) in [5.41, 5.74) is 0.325. The van der Waals surface area contributed by atoms with Gasteiger partial charge >= 0.3 is 6.18 Å². The molecule has 4 heteroatoms. The van der Waals surface area contributed by atoms with Crippen molar-refractivity contribution in [1.82, 2.24) is 0 Å². The number of hydrogen-bond donors (Lipinski definition) is 0. The maximum absolute atomic E-state index is 13.0. The Kier molecular flexibility index (Phi) is 3.42. The molecule has 0 aromatic heterocycles. The van der Waals surface area contributed by atoms with Gasteiger partial charge in [0.05, 0.1) is 12.1 Å². The van der Waals surface area contributed by atoms with Crippen LogP contribution in [-0.2, 0) is 6.18 Å². The first-order chi connectivity index (χ1) is 8.52. The summed E-state index contributed by atoms with van der Waals surface area (Å²) < 4.78 is 39.0. The zero-order valence-corrected chi connectivity index (χ0v) is 9.72. The van der Waals surface area contributed by atoms with Crippen molar-refractivity contribution < 1.29 is 13.2 Å². The van der Waals surface area contributed by atoms with Gasteiger partial charge in [0.1, 0.15) is 0 Å². The first kappa shape index (κ1) is 12.7. The molecule has 0 atom stereocenters. The lowest BCUT2D eigenvalue weighted by molar-refractivity contribution is -0.137. The third-order valence-electron chi connectivity index (χ3n) is 3.07. The molecule has 0 unspecified atom stereocenters. The predicted molar refractivity (Wildman–Crippen MR) is 64.2 cm³/mol. The fourth-order valence-electron chi connectivity index (χ4n) is 2.20. The minimum atomic E-state index is -4.41. The van der Waals surface area contributed by atoms with E-state index >= 15 is 0 Å². The second-order valence-electron chi connectivity index (χ2n) is 4.31. The minimum absolute atomic E-state index is 0.0301. The topological polar surface area (TPSA) is 4.36 Å². The van der Waals surface area contributed by atoms with Crippen LogP contribution in [0.25, 0.3) is 10.4 Å². The molecule has 0 N–H and O–H groups in total. The molecule has 2 rings (SSSR count). The number of benzene rings is 1. The van der Waals surface area contributed by atoms with Crippen molar-refractivity contribution in [2.24, 2.45) is 0 Å². The number of alkyl halides is 3. The first-order valence-electron chi connectivity index (χ1n) is 5.80. The van der Waals surface area contributed by atoms with E-state index in [-0.39, 0.29) is 11.3 Å². The normalized spacial score (nSPS) is 16.0. The highest BCUT2D eigenvalue weighted by atomic mass is 19.4. The SMILES string of the molecule is [C-]#[N+]c1ccc(C2=CCCCC2)c(C(F)(F)F)c1. The van der Waals surface area contributed by atoms with Gasteiger partial charge in [-0.3, -0.25) is 0 Å². The van der Waals surface area contributed by atoms with E-state index < -0.39 is 11.7 Å². The van der Waals surface area contributed by atoms with Crippen LogP contribution in [0, 0.1) is 6.57 Å². The first-order valence-corrected chi connectivity index (χ1v) is 5.80. The molecule has 18 heavy (non-hydrogen) atoms. The van der Waals surface area contributed by atoms with Crippen molar-refractivity contribution in [3.63, 3.8) is 0 Å². The summed E-state index contributed by atoms with van der Waals surface area (Å²) in [4.78, 5) is 3.06. The lowest BCUT2D eigenvalue weighted by atomic mass is 9.90. The average Bonchev–Trinajstić information content (AvgIpc) is 2.38. The Hall–Kier alpha value is -1.76. The predicted octanol–water partition coefficient (Wildman–Crippen LogP) is 5.21. The summed E-state index contributed by atoms with van der Waals surface area (Å²) in [6, 6.07) is 3.82. The Morgan fingerprint density at radius 1 is 1.17 bits per heavy atom. The van der Waals surface area contributed by atoms with Gasteiger partial charge in [-0.05, 0) is 42.9 Å². The quantitative estimate of drug-likeness (QED) is 0.603. The summed E-state index contributed by atoms with van der Waals surface area (Å²) >= 11 is 0. The van der Waals surface area contributed by atoms with Gasteiger partial charge in [0.15, 0.2) is 5.69 Å². The van der Waals surface area contributed by atoms with E-state index in [0.29, 0.717) is 6.42 Å². The zero-order valence-electron chi connectivity index (χ0n) is 9.72. The third kappa shape index (κ3) is 2.56. The number of allylic oxidation sites excluding steroid dienone is 2. The molecule has 0 aliphatic heterocycles. The molecule has 1 nitrogen and oxygen atoms in total. The Bertz CT molecular complexity index is 521. The molecular weight excluding hydrogens is 239 g/mol. The smallest absolute Gasteiger partial charge is 0.238 e. The highest BCUT2D eigenvalue weighted by Crippen LogP contribution is 2.39. The number of rotatable bonds is 1. The summed E-state index contributed by atoms with van der Waals surface area (Å²) in [5.74, 6) is 0. The van der Waals surface area contributed by atoms with Gasteiger partial charge in [0.2, 0.25) is 0 Å². The number of hydrogen-bond acceptors (Lipinski definition) is 0. The van der Waals surface area contributed by atoms with Gasteiger partial charge in [-0.1, -0.05) is 18.2 Å². The van der Waals surface area contributed by atoms with Crippen LogP contribution in [-0.4, -0.2) is 0 Å². The number of nitrogens with zero attached hydrogens (tertiary/aromatic N) is 1. The van der Waals surface area contributed by atoms with Crippen molar-refractivity contribution >= 4 is 11.3 Å².